The van der Waals surface area contributed by atoms with Crippen LogP contribution in [0.2, 0.25) is 10.0 Å². The largest absolute Gasteiger partial charge is 0.352 e. The molecule has 1 aromatic carbocycles. The number of hydrogen-bond acceptors (Lipinski definition) is 5. The Morgan fingerprint density at radius 1 is 1.13 bits per heavy atom. The van der Waals surface area contributed by atoms with E-state index in [1.165, 1.54) is 12.1 Å². The predicted octanol–water partition coefficient (Wildman–Crippen LogP) is 6.59. The van der Waals surface area contributed by atoms with Gasteiger partial charge in [0.2, 0.25) is 11.9 Å². The molecule has 1 saturated carbocycles. The van der Waals surface area contributed by atoms with Gasteiger partial charge in [0.15, 0.2) is 5.65 Å². The molecule has 1 fully saturated rings. The molecule has 0 radical (unpaired) electrons. The number of aromatic nitrogens is 4. The molecule has 0 saturated heterocycles. The third-order valence-electron chi connectivity index (χ3n) is 5.44. The highest BCUT2D eigenvalue weighted by atomic mass is 35.5. The average Bonchev–Trinajstić information content (AvgIpc) is 3.02. The van der Waals surface area contributed by atoms with Gasteiger partial charge in [-0.2, -0.15) is 4.98 Å². The molecule has 2 heterocycles. The fraction of sp³-hybridized carbons (Fsp3) is 0.476. The summed E-state index contributed by atoms with van der Waals surface area (Å²) in [5, 5.41) is 6.77. The monoisotopic (exact) mass is 450 g/mol. The third kappa shape index (κ3) is 4.32. The summed E-state index contributed by atoms with van der Waals surface area (Å²) in [5.74, 6) is 1.22. The summed E-state index contributed by atoms with van der Waals surface area (Å²) < 4.78 is 16.6. The topological polar surface area (TPSA) is 67.7 Å². The number of imidazole rings is 1. The smallest absolute Gasteiger partial charge is 0.224 e. The summed E-state index contributed by atoms with van der Waals surface area (Å²) in [6.07, 6.45) is 5.97. The lowest BCUT2D eigenvalue weighted by Crippen LogP contribution is -2.19. The lowest BCUT2D eigenvalue weighted by atomic mass is 9.87. The van der Waals surface area contributed by atoms with E-state index in [1.54, 1.807) is 6.20 Å². The van der Waals surface area contributed by atoms with Crippen molar-refractivity contribution in [2.24, 2.45) is 5.92 Å². The van der Waals surface area contributed by atoms with Crippen LogP contribution in [-0.4, -0.2) is 25.6 Å². The maximum atomic E-state index is 14.6. The molecule has 2 N–H and O–H groups in total. The molecule has 0 amide bonds. The molecule has 2 aromatic heterocycles. The lowest BCUT2D eigenvalue weighted by molar-refractivity contribution is 0.295. The summed E-state index contributed by atoms with van der Waals surface area (Å²) >= 11 is 12.2. The molecule has 0 unspecified atom stereocenters. The number of benzene rings is 1. The van der Waals surface area contributed by atoms with Crippen LogP contribution in [0.3, 0.4) is 0 Å². The van der Waals surface area contributed by atoms with E-state index < -0.39 is 5.82 Å². The normalized spacial score (nSPS) is 19.4. The maximum Gasteiger partial charge on any atom is 0.224 e. The Labute approximate surface area is 185 Å². The van der Waals surface area contributed by atoms with E-state index in [1.807, 2.05) is 13.8 Å². The van der Waals surface area contributed by atoms with Crippen molar-refractivity contribution in [2.45, 2.75) is 58.5 Å². The van der Waals surface area contributed by atoms with Gasteiger partial charge in [0.25, 0.3) is 0 Å². The molecule has 1 aliphatic rings. The minimum absolute atomic E-state index is 0.148. The average molecular weight is 451 g/mol. The quantitative estimate of drug-likeness (QED) is 0.458. The number of fused-ring (bicyclic) bond motifs is 1. The number of anilines is 3. The Morgan fingerprint density at radius 3 is 2.53 bits per heavy atom. The van der Waals surface area contributed by atoms with Crippen molar-refractivity contribution in [1.82, 2.24) is 19.5 Å². The molecule has 1 aliphatic carbocycles. The summed E-state index contributed by atoms with van der Waals surface area (Å²) in [6.45, 7) is 6.34. The molecule has 0 spiro atoms. The van der Waals surface area contributed by atoms with Crippen LogP contribution in [0.25, 0.3) is 11.2 Å². The van der Waals surface area contributed by atoms with Crippen molar-refractivity contribution in [3.8, 4) is 0 Å². The Bertz CT molecular complexity index is 1040. The van der Waals surface area contributed by atoms with Crippen molar-refractivity contribution in [2.75, 3.05) is 10.6 Å². The zero-order valence-corrected chi connectivity index (χ0v) is 18.7. The number of halogens is 3. The Hall–Kier alpha value is -2.12. The van der Waals surface area contributed by atoms with Crippen molar-refractivity contribution in [1.29, 1.82) is 0 Å². The second-order valence-electron chi connectivity index (χ2n) is 8.29. The molecule has 0 bridgehead atoms. The van der Waals surface area contributed by atoms with Crippen LogP contribution < -0.4 is 10.6 Å². The van der Waals surface area contributed by atoms with E-state index >= 15 is 0 Å². The molecule has 160 valence electrons. The van der Waals surface area contributed by atoms with Gasteiger partial charge in [-0.1, -0.05) is 30.1 Å². The van der Waals surface area contributed by atoms with Gasteiger partial charge in [-0.05, 0) is 57.6 Å². The number of rotatable bonds is 5. The van der Waals surface area contributed by atoms with Gasteiger partial charge >= 0.3 is 0 Å². The van der Waals surface area contributed by atoms with E-state index in [0.717, 1.165) is 31.3 Å². The van der Waals surface area contributed by atoms with E-state index in [4.69, 9.17) is 28.2 Å². The van der Waals surface area contributed by atoms with Gasteiger partial charge < -0.3 is 10.6 Å². The summed E-state index contributed by atoms with van der Waals surface area (Å²) in [5.41, 5.74) is 1.52. The van der Waals surface area contributed by atoms with Crippen LogP contribution in [0.4, 0.5) is 22.0 Å². The van der Waals surface area contributed by atoms with Crippen LogP contribution in [0, 0.1) is 11.7 Å². The zero-order valence-electron chi connectivity index (χ0n) is 17.2. The van der Waals surface area contributed by atoms with Gasteiger partial charge in [0, 0.05) is 17.1 Å². The fourth-order valence-electron chi connectivity index (χ4n) is 3.93. The Kier molecular flexibility index (Phi) is 6.02. The van der Waals surface area contributed by atoms with Crippen LogP contribution in [0.5, 0.6) is 0 Å². The second kappa shape index (κ2) is 8.55. The fourth-order valence-corrected chi connectivity index (χ4v) is 4.44. The summed E-state index contributed by atoms with van der Waals surface area (Å²) in [6, 6.07) is 3.16. The van der Waals surface area contributed by atoms with Crippen LogP contribution >= 0.6 is 23.2 Å². The molecule has 3 aromatic rings. The van der Waals surface area contributed by atoms with Crippen LogP contribution in [0.1, 0.15) is 52.5 Å². The highest BCUT2D eigenvalue weighted by Crippen LogP contribution is 2.38. The SMILES string of the molecule is CC(C)Nc1ncc2nc(Nc3c(F)cc(Cl)cc3Cl)n([C@H]3CC[C@@H](C)CC3)c2n1. The second-order valence-corrected chi connectivity index (χ2v) is 9.13. The molecule has 9 heteroatoms. The standard InChI is InChI=1S/C21H25Cl2FN6/c1-11(2)26-20-25-10-17-19(29-20)30(14-6-4-12(3)5-7-14)21(27-17)28-18-15(23)8-13(22)9-16(18)24/h8-12,14H,4-7H2,1-3H3,(H,27,28)(H,25,26,29)/t12-,14+. The number of hydrogen-bond donors (Lipinski definition) is 2. The lowest BCUT2D eigenvalue weighted by Gasteiger charge is -2.28. The van der Waals surface area contributed by atoms with Crippen LogP contribution in [0.15, 0.2) is 18.3 Å². The molecule has 30 heavy (non-hydrogen) atoms. The molecule has 6 nitrogen and oxygen atoms in total. The Morgan fingerprint density at radius 2 is 1.87 bits per heavy atom. The molecule has 0 atom stereocenters. The Balaban J connectivity index is 1.81. The highest BCUT2D eigenvalue weighted by molar-refractivity contribution is 6.36. The maximum absolute atomic E-state index is 14.6. The molecule has 0 aliphatic heterocycles. The van der Waals surface area contributed by atoms with Gasteiger partial charge in [-0.15, -0.1) is 0 Å². The third-order valence-corrected chi connectivity index (χ3v) is 5.96. The van der Waals surface area contributed by atoms with E-state index in [2.05, 4.69) is 32.1 Å². The molecular formula is C21H25Cl2FN6. The summed E-state index contributed by atoms with van der Waals surface area (Å²) in [4.78, 5) is 13.8. The molecule has 4 rings (SSSR count). The first-order valence-electron chi connectivity index (χ1n) is 10.2. The van der Waals surface area contributed by atoms with E-state index in [0.29, 0.717) is 23.3 Å². The number of nitrogens with one attached hydrogen (secondary N) is 2. The van der Waals surface area contributed by atoms with Gasteiger partial charge in [0.1, 0.15) is 11.3 Å². The van der Waals surface area contributed by atoms with Crippen molar-refractivity contribution in [3.05, 3.63) is 34.2 Å². The van der Waals surface area contributed by atoms with E-state index in [-0.39, 0.29) is 27.8 Å². The molecular weight excluding hydrogens is 426 g/mol. The summed E-state index contributed by atoms with van der Waals surface area (Å²) in [7, 11) is 0. The van der Waals surface area contributed by atoms with Gasteiger partial charge in [-0.25, -0.2) is 14.4 Å². The van der Waals surface area contributed by atoms with Gasteiger partial charge in [-0.3, -0.25) is 4.57 Å². The zero-order chi connectivity index (χ0) is 21.4. The first-order valence-corrected chi connectivity index (χ1v) is 11.0. The number of nitrogens with zero attached hydrogens (tertiary/aromatic N) is 4. The first kappa shape index (κ1) is 21.1. The van der Waals surface area contributed by atoms with Gasteiger partial charge in [0.05, 0.1) is 16.9 Å². The van der Waals surface area contributed by atoms with E-state index in [9.17, 15) is 4.39 Å². The minimum atomic E-state index is -0.531. The van der Waals surface area contributed by atoms with Crippen molar-refractivity contribution >= 4 is 51.9 Å². The predicted molar refractivity (Wildman–Crippen MR) is 120 cm³/mol. The van der Waals surface area contributed by atoms with Crippen molar-refractivity contribution < 1.29 is 4.39 Å². The van der Waals surface area contributed by atoms with Crippen molar-refractivity contribution in [3.63, 3.8) is 0 Å². The minimum Gasteiger partial charge on any atom is -0.352 e. The van der Waals surface area contributed by atoms with Crippen LogP contribution in [-0.2, 0) is 0 Å². The first-order chi connectivity index (χ1) is 14.3. The highest BCUT2D eigenvalue weighted by Gasteiger charge is 2.26.